The summed E-state index contributed by atoms with van der Waals surface area (Å²) in [6, 6.07) is 4.53. The maximum atomic E-state index is 11.7. The number of ether oxygens (including phenoxy) is 1. The summed E-state index contributed by atoms with van der Waals surface area (Å²) in [7, 11) is 1.50. The first kappa shape index (κ1) is 13.8. The molecule has 0 spiro atoms. The maximum Gasteiger partial charge on any atom is 0.347 e. The van der Waals surface area contributed by atoms with Crippen molar-refractivity contribution in [3.05, 3.63) is 57.8 Å². The highest BCUT2D eigenvalue weighted by molar-refractivity contribution is 5.88. The predicted molar refractivity (Wildman–Crippen MR) is 72.3 cm³/mol. The molecule has 6 nitrogen and oxygen atoms in total. The molecule has 0 unspecified atom stereocenters. The normalized spacial score (nSPS) is 10.3. The van der Waals surface area contributed by atoms with Gasteiger partial charge < -0.3 is 9.84 Å². The van der Waals surface area contributed by atoms with Crippen LogP contribution in [0.3, 0.4) is 0 Å². The summed E-state index contributed by atoms with van der Waals surface area (Å²) in [6.45, 7) is 2.03. The van der Waals surface area contributed by atoms with Gasteiger partial charge >= 0.3 is 11.7 Å². The minimum atomic E-state index is -1.02. The van der Waals surface area contributed by atoms with Gasteiger partial charge in [-0.1, -0.05) is 0 Å². The van der Waals surface area contributed by atoms with E-state index in [0.29, 0.717) is 11.3 Å². The molecule has 104 valence electrons. The fourth-order valence-corrected chi connectivity index (χ4v) is 1.90. The fourth-order valence-electron chi connectivity index (χ4n) is 1.90. The van der Waals surface area contributed by atoms with Crippen molar-refractivity contribution in [3.63, 3.8) is 0 Å². The van der Waals surface area contributed by atoms with Gasteiger partial charge in [-0.05, 0) is 30.7 Å². The van der Waals surface area contributed by atoms with Crippen LogP contribution in [-0.4, -0.2) is 27.7 Å². The van der Waals surface area contributed by atoms with E-state index >= 15 is 0 Å². The molecule has 1 heterocycles. The van der Waals surface area contributed by atoms with Crippen molar-refractivity contribution in [3.8, 4) is 5.75 Å². The van der Waals surface area contributed by atoms with E-state index in [1.165, 1.54) is 30.0 Å². The quantitative estimate of drug-likeness (QED) is 0.909. The van der Waals surface area contributed by atoms with Crippen LogP contribution < -0.4 is 10.4 Å². The third-order valence-corrected chi connectivity index (χ3v) is 2.85. The van der Waals surface area contributed by atoms with Gasteiger partial charge in [-0.2, -0.15) is 0 Å². The molecule has 1 aromatic heterocycles. The molecule has 1 aromatic carbocycles. The summed E-state index contributed by atoms with van der Waals surface area (Å²) in [5, 5.41) is 9.02. The molecular formula is C14H14N2O4. The van der Waals surface area contributed by atoms with Crippen LogP contribution in [-0.2, 0) is 6.54 Å². The molecule has 0 aliphatic carbocycles. The van der Waals surface area contributed by atoms with Crippen LogP contribution in [0, 0.1) is 6.92 Å². The lowest BCUT2D eigenvalue weighted by molar-refractivity contribution is 0.0696. The van der Waals surface area contributed by atoms with E-state index in [0.717, 1.165) is 5.56 Å². The average molecular weight is 274 g/mol. The van der Waals surface area contributed by atoms with E-state index in [9.17, 15) is 9.59 Å². The summed E-state index contributed by atoms with van der Waals surface area (Å²) < 4.78 is 6.61. The standard InChI is InChI=1S/C14H14N2O4/c1-9-6-15-14(19)16(7-9)8-11-5-10(13(17)18)3-4-12(11)20-2/h3-7H,8H2,1-2H3,(H,17,18). The van der Waals surface area contributed by atoms with Gasteiger partial charge in [0, 0.05) is 18.0 Å². The predicted octanol–water partition coefficient (Wildman–Crippen LogP) is 1.31. The second kappa shape index (κ2) is 5.56. The summed E-state index contributed by atoms with van der Waals surface area (Å²) in [6.07, 6.45) is 3.16. The number of hydrogen-bond acceptors (Lipinski definition) is 4. The molecule has 6 heteroatoms. The molecule has 0 saturated carbocycles. The molecule has 2 rings (SSSR count). The number of rotatable bonds is 4. The second-order valence-corrected chi connectivity index (χ2v) is 4.37. The first-order chi connectivity index (χ1) is 9.51. The van der Waals surface area contributed by atoms with Crippen LogP contribution in [0.15, 0.2) is 35.4 Å². The van der Waals surface area contributed by atoms with E-state index in [1.807, 2.05) is 6.92 Å². The summed E-state index contributed by atoms with van der Waals surface area (Å²) in [5.74, 6) is -0.493. The van der Waals surface area contributed by atoms with Crippen LogP contribution in [0.2, 0.25) is 0 Å². The summed E-state index contributed by atoms with van der Waals surface area (Å²) in [5.41, 5.74) is 1.22. The molecule has 0 saturated heterocycles. The Morgan fingerprint density at radius 1 is 1.45 bits per heavy atom. The number of aromatic nitrogens is 2. The Kier molecular flexibility index (Phi) is 3.84. The highest BCUT2D eigenvalue weighted by Gasteiger charge is 2.10. The molecule has 0 aliphatic rings. The topological polar surface area (TPSA) is 81.4 Å². The number of nitrogens with zero attached hydrogens (tertiary/aromatic N) is 2. The highest BCUT2D eigenvalue weighted by Crippen LogP contribution is 2.20. The van der Waals surface area contributed by atoms with Gasteiger partial charge in [0.05, 0.1) is 19.2 Å². The van der Waals surface area contributed by atoms with Crippen LogP contribution in [0.25, 0.3) is 0 Å². The number of carbonyl (C=O) groups is 1. The van der Waals surface area contributed by atoms with Crippen LogP contribution >= 0.6 is 0 Å². The highest BCUT2D eigenvalue weighted by atomic mass is 16.5. The minimum Gasteiger partial charge on any atom is -0.496 e. The van der Waals surface area contributed by atoms with Crippen molar-refractivity contribution in [1.29, 1.82) is 0 Å². The number of carboxylic acids is 1. The van der Waals surface area contributed by atoms with E-state index in [1.54, 1.807) is 12.3 Å². The molecule has 0 radical (unpaired) electrons. The molecule has 0 amide bonds. The molecule has 20 heavy (non-hydrogen) atoms. The Labute approximate surface area is 115 Å². The number of carboxylic acid groups (broad SMARTS) is 1. The second-order valence-electron chi connectivity index (χ2n) is 4.37. The lowest BCUT2D eigenvalue weighted by Crippen LogP contribution is -2.23. The molecule has 0 fully saturated rings. The van der Waals surface area contributed by atoms with Gasteiger partial charge in [0.2, 0.25) is 0 Å². The van der Waals surface area contributed by atoms with Crippen LogP contribution in [0.1, 0.15) is 21.5 Å². The lowest BCUT2D eigenvalue weighted by atomic mass is 10.1. The number of aromatic carboxylic acids is 1. The third kappa shape index (κ3) is 2.85. The van der Waals surface area contributed by atoms with Crippen molar-refractivity contribution in [1.82, 2.24) is 9.55 Å². The Morgan fingerprint density at radius 2 is 2.20 bits per heavy atom. The monoisotopic (exact) mass is 274 g/mol. The van der Waals surface area contributed by atoms with E-state index in [-0.39, 0.29) is 12.1 Å². The van der Waals surface area contributed by atoms with E-state index in [4.69, 9.17) is 9.84 Å². The maximum absolute atomic E-state index is 11.7. The number of aryl methyl sites for hydroxylation is 1. The third-order valence-electron chi connectivity index (χ3n) is 2.85. The SMILES string of the molecule is COc1ccc(C(=O)O)cc1Cn1cc(C)cnc1=O. The van der Waals surface area contributed by atoms with Crippen molar-refractivity contribution < 1.29 is 14.6 Å². The van der Waals surface area contributed by atoms with Gasteiger partial charge in [0.1, 0.15) is 5.75 Å². The molecule has 0 atom stereocenters. The Bertz CT molecular complexity index is 707. The number of methoxy groups -OCH3 is 1. The van der Waals surface area contributed by atoms with E-state index in [2.05, 4.69) is 4.98 Å². The molecule has 2 aromatic rings. The van der Waals surface area contributed by atoms with E-state index < -0.39 is 11.7 Å². The Balaban J connectivity index is 2.46. The van der Waals surface area contributed by atoms with Crippen molar-refractivity contribution >= 4 is 5.97 Å². The minimum absolute atomic E-state index is 0.148. The molecule has 1 N–H and O–H groups in total. The van der Waals surface area contributed by atoms with Crippen LogP contribution in [0.5, 0.6) is 5.75 Å². The summed E-state index contributed by atoms with van der Waals surface area (Å²) in [4.78, 5) is 26.4. The number of hydrogen-bond donors (Lipinski definition) is 1. The van der Waals surface area contributed by atoms with Crippen molar-refractivity contribution in [2.45, 2.75) is 13.5 Å². The van der Waals surface area contributed by atoms with Gasteiger partial charge in [-0.25, -0.2) is 14.6 Å². The zero-order valence-corrected chi connectivity index (χ0v) is 11.2. The Morgan fingerprint density at radius 3 is 2.85 bits per heavy atom. The molecular weight excluding hydrogens is 260 g/mol. The fraction of sp³-hybridized carbons (Fsp3) is 0.214. The van der Waals surface area contributed by atoms with Crippen LogP contribution in [0.4, 0.5) is 0 Å². The summed E-state index contributed by atoms with van der Waals surface area (Å²) >= 11 is 0. The zero-order chi connectivity index (χ0) is 14.7. The first-order valence-electron chi connectivity index (χ1n) is 5.94. The van der Waals surface area contributed by atoms with Gasteiger partial charge in [0.25, 0.3) is 0 Å². The zero-order valence-electron chi connectivity index (χ0n) is 11.2. The van der Waals surface area contributed by atoms with Gasteiger partial charge in [-0.3, -0.25) is 4.57 Å². The lowest BCUT2D eigenvalue weighted by Gasteiger charge is -2.11. The van der Waals surface area contributed by atoms with Gasteiger partial charge in [-0.15, -0.1) is 0 Å². The number of benzene rings is 1. The largest absolute Gasteiger partial charge is 0.496 e. The molecule has 0 aliphatic heterocycles. The Hall–Kier alpha value is -2.63. The van der Waals surface area contributed by atoms with Gasteiger partial charge in [0.15, 0.2) is 0 Å². The van der Waals surface area contributed by atoms with Crippen molar-refractivity contribution in [2.75, 3.05) is 7.11 Å². The smallest absolute Gasteiger partial charge is 0.347 e. The first-order valence-corrected chi connectivity index (χ1v) is 5.94. The molecule has 0 bridgehead atoms. The van der Waals surface area contributed by atoms with Crippen molar-refractivity contribution in [2.24, 2.45) is 0 Å². The average Bonchev–Trinajstić information content (AvgIpc) is 2.42.